The molecule has 0 radical (unpaired) electrons. The highest BCUT2D eigenvalue weighted by atomic mass is 35.5. The smallest absolute Gasteiger partial charge is 0.138 e. The summed E-state index contributed by atoms with van der Waals surface area (Å²) in [6.07, 6.45) is 4.52. The van der Waals surface area contributed by atoms with Gasteiger partial charge in [-0.2, -0.15) is 0 Å². The van der Waals surface area contributed by atoms with Gasteiger partial charge in [-0.3, -0.25) is 4.79 Å². The molecule has 0 bridgehead atoms. The molecular formula is C13H15ClO2. The molecule has 1 aliphatic rings. The van der Waals surface area contributed by atoms with E-state index < -0.39 is 0 Å². The summed E-state index contributed by atoms with van der Waals surface area (Å²) in [6.45, 7) is 1.54. The maximum Gasteiger partial charge on any atom is 0.138 e. The maximum absolute atomic E-state index is 11.2. The lowest BCUT2D eigenvalue weighted by Crippen LogP contribution is -2.09. The predicted molar refractivity (Wildman–Crippen MR) is 64.1 cm³/mol. The summed E-state index contributed by atoms with van der Waals surface area (Å²) in [5.41, 5.74) is 3.09. The van der Waals surface area contributed by atoms with E-state index in [2.05, 4.69) is 0 Å². The van der Waals surface area contributed by atoms with E-state index in [1.165, 1.54) is 12.5 Å². The van der Waals surface area contributed by atoms with Crippen LogP contribution >= 0.6 is 11.6 Å². The highest BCUT2D eigenvalue weighted by Gasteiger charge is 2.19. The van der Waals surface area contributed by atoms with Gasteiger partial charge >= 0.3 is 0 Å². The average Bonchev–Trinajstić information content (AvgIpc) is 2.24. The molecule has 16 heavy (non-hydrogen) atoms. The van der Waals surface area contributed by atoms with E-state index in [9.17, 15) is 9.90 Å². The van der Waals surface area contributed by atoms with Crippen LogP contribution in [0.1, 0.15) is 36.5 Å². The van der Waals surface area contributed by atoms with Crippen molar-refractivity contribution in [3.63, 3.8) is 0 Å². The highest BCUT2D eigenvalue weighted by molar-refractivity contribution is 6.32. The molecule has 0 saturated carbocycles. The maximum atomic E-state index is 11.2. The Balaban J connectivity index is 2.54. The van der Waals surface area contributed by atoms with Crippen molar-refractivity contribution in [1.82, 2.24) is 0 Å². The normalized spacial score (nSPS) is 14.6. The molecule has 1 aromatic rings. The molecule has 86 valence electrons. The van der Waals surface area contributed by atoms with Crippen molar-refractivity contribution in [2.24, 2.45) is 0 Å². The van der Waals surface area contributed by atoms with Gasteiger partial charge in [0, 0.05) is 12.0 Å². The van der Waals surface area contributed by atoms with Crippen LogP contribution in [-0.2, 0) is 24.1 Å². The van der Waals surface area contributed by atoms with E-state index in [1.807, 2.05) is 6.07 Å². The number of aromatic hydroxyl groups is 1. The molecule has 3 heteroatoms. The van der Waals surface area contributed by atoms with Gasteiger partial charge in [0.05, 0.1) is 5.02 Å². The molecule has 0 amide bonds. The number of aryl methyl sites for hydroxylation is 1. The SMILES string of the molecule is CC(=O)Cc1c(O)c(Cl)cc2c1CCCC2. The number of fused-ring (bicyclic) bond motifs is 1. The molecule has 0 atom stereocenters. The third-order valence-electron chi connectivity index (χ3n) is 3.11. The van der Waals surface area contributed by atoms with Crippen LogP contribution in [0.2, 0.25) is 5.02 Å². The van der Waals surface area contributed by atoms with Crippen molar-refractivity contribution >= 4 is 17.4 Å². The molecule has 2 nitrogen and oxygen atoms in total. The quantitative estimate of drug-likeness (QED) is 0.860. The third-order valence-corrected chi connectivity index (χ3v) is 3.40. The first kappa shape index (κ1) is 11.5. The number of rotatable bonds is 2. The zero-order valence-electron chi connectivity index (χ0n) is 9.35. The van der Waals surface area contributed by atoms with E-state index in [4.69, 9.17) is 11.6 Å². The van der Waals surface area contributed by atoms with Gasteiger partial charge in [-0.25, -0.2) is 0 Å². The van der Waals surface area contributed by atoms with Gasteiger partial charge in [0.15, 0.2) is 0 Å². The second-order valence-corrected chi connectivity index (χ2v) is 4.82. The number of Topliss-reactive ketones (excluding diaryl/α,β-unsaturated/α-hetero) is 1. The first-order valence-corrected chi connectivity index (χ1v) is 5.99. The van der Waals surface area contributed by atoms with Crippen molar-refractivity contribution in [2.45, 2.75) is 39.0 Å². The Labute approximate surface area is 100 Å². The number of phenols is 1. The van der Waals surface area contributed by atoms with Gasteiger partial charge < -0.3 is 5.11 Å². The summed E-state index contributed by atoms with van der Waals surface area (Å²) in [4.78, 5) is 11.2. The topological polar surface area (TPSA) is 37.3 Å². The molecule has 1 aromatic carbocycles. The molecule has 0 fully saturated rings. The Morgan fingerprint density at radius 1 is 1.44 bits per heavy atom. The van der Waals surface area contributed by atoms with Crippen molar-refractivity contribution in [3.05, 3.63) is 27.8 Å². The lowest BCUT2D eigenvalue weighted by molar-refractivity contribution is -0.116. The van der Waals surface area contributed by atoms with Crippen LogP contribution < -0.4 is 0 Å². The molecule has 0 aliphatic heterocycles. The summed E-state index contributed by atoms with van der Waals surface area (Å²) < 4.78 is 0. The Hall–Kier alpha value is -1.02. The molecule has 1 N–H and O–H groups in total. The van der Waals surface area contributed by atoms with Gasteiger partial charge in [-0.05, 0) is 49.8 Å². The highest BCUT2D eigenvalue weighted by Crippen LogP contribution is 2.36. The number of ketones is 1. The van der Waals surface area contributed by atoms with Crippen LogP contribution in [0.25, 0.3) is 0 Å². The molecule has 0 aromatic heterocycles. The lowest BCUT2D eigenvalue weighted by atomic mass is 9.86. The second kappa shape index (κ2) is 4.46. The molecule has 0 saturated heterocycles. The summed E-state index contributed by atoms with van der Waals surface area (Å²) in [6, 6.07) is 1.84. The Kier molecular flexibility index (Phi) is 3.20. The number of hydrogen-bond acceptors (Lipinski definition) is 2. The van der Waals surface area contributed by atoms with Crippen LogP contribution in [0.5, 0.6) is 5.75 Å². The zero-order chi connectivity index (χ0) is 11.7. The molecule has 0 unspecified atom stereocenters. The third kappa shape index (κ3) is 2.07. The standard InChI is InChI=1S/C13H15ClO2/c1-8(15)6-11-10-5-3-2-4-9(10)7-12(14)13(11)16/h7,16H,2-6H2,1H3. The van der Waals surface area contributed by atoms with Gasteiger partial charge in [0.2, 0.25) is 0 Å². The van der Waals surface area contributed by atoms with Gasteiger partial charge in [0.25, 0.3) is 0 Å². The average molecular weight is 239 g/mol. The van der Waals surface area contributed by atoms with E-state index >= 15 is 0 Å². The number of benzene rings is 1. The van der Waals surface area contributed by atoms with Crippen LogP contribution in [0.4, 0.5) is 0 Å². The summed E-state index contributed by atoms with van der Waals surface area (Å²) in [5, 5.41) is 10.3. The zero-order valence-corrected chi connectivity index (χ0v) is 10.1. The molecular weight excluding hydrogens is 224 g/mol. The predicted octanol–water partition coefficient (Wildman–Crippen LogP) is 3.06. The number of carbonyl (C=O) groups excluding carboxylic acids is 1. The summed E-state index contributed by atoms with van der Waals surface area (Å²) in [5.74, 6) is 0.155. The van der Waals surface area contributed by atoms with Crippen molar-refractivity contribution < 1.29 is 9.90 Å². The van der Waals surface area contributed by atoms with E-state index in [0.29, 0.717) is 5.02 Å². The van der Waals surface area contributed by atoms with E-state index in [0.717, 1.165) is 36.8 Å². The minimum atomic E-state index is 0.0605. The van der Waals surface area contributed by atoms with Gasteiger partial charge in [-0.15, -0.1) is 0 Å². The van der Waals surface area contributed by atoms with Gasteiger partial charge in [-0.1, -0.05) is 11.6 Å². The largest absolute Gasteiger partial charge is 0.506 e. The first-order chi connectivity index (χ1) is 7.59. The minimum Gasteiger partial charge on any atom is -0.506 e. The van der Waals surface area contributed by atoms with Crippen LogP contribution in [0.3, 0.4) is 0 Å². The number of phenolic OH excluding ortho intramolecular Hbond substituents is 1. The van der Waals surface area contributed by atoms with Gasteiger partial charge in [0.1, 0.15) is 11.5 Å². The lowest BCUT2D eigenvalue weighted by Gasteiger charge is -2.20. The molecule has 0 spiro atoms. The number of carbonyl (C=O) groups is 1. The number of hydrogen-bond donors (Lipinski definition) is 1. The Morgan fingerprint density at radius 2 is 2.12 bits per heavy atom. The Morgan fingerprint density at radius 3 is 2.81 bits per heavy atom. The monoisotopic (exact) mass is 238 g/mol. The summed E-state index contributed by atoms with van der Waals surface area (Å²) >= 11 is 5.97. The molecule has 1 aliphatic carbocycles. The fraction of sp³-hybridized carbons (Fsp3) is 0.462. The van der Waals surface area contributed by atoms with Crippen LogP contribution in [0.15, 0.2) is 6.07 Å². The first-order valence-electron chi connectivity index (χ1n) is 5.61. The fourth-order valence-corrected chi connectivity index (χ4v) is 2.63. The second-order valence-electron chi connectivity index (χ2n) is 4.41. The number of halogens is 1. The van der Waals surface area contributed by atoms with Crippen molar-refractivity contribution in [3.8, 4) is 5.75 Å². The van der Waals surface area contributed by atoms with Crippen LogP contribution in [0, 0.1) is 0 Å². The molecule has 0 heterocycles. The minimum absolute atomic E-state index is 0.0605. The summed E-state index contributed by atoms with van der Waals surface area (Å²) in [7, 11) is 0. The Bertz CT molecular complexity index is 438. The fourth-order valence-electron chi connectivity index (χ4n) is 2.38. The molecule has 2 rings (SSSR count). The van der Waals surface area contributed by atoms with Crippen LogP contribution in [-0.4, -0.2) is 10.9 Å². The van der Waals surface area contributed by atoms with E-state index in [-0.39, 0.29) is 18.0 Å². The van der Waals surface area contributed by atoms with Crippen molar-refractivity contribution in [2.75, 3.05) is 0 Å². The van der Waals surface area contributed by atoms with E-state index in [1.54, 1.807) is 0 Å². The van der Waals surface area contributed by atoms with Crippen molar-refractivity contribution in [1.29, 1.82) is 0 Å².